The highest BCUT2D eigenvalue weighted by Gasteiger charge is 2.11. The molecule has 0 spiro atoms. The van der Waals surface area contributed by atoms with Gasteiger partial charge in [-0.3, -0.25) is 9.88 Å². The molecule has 0 aliphatic carbocycles. The lowest BCUT2D eigenvalue weighted by molar-refractivity contribution is 0.239. The number of hydrogen-bond acceptors (Lipinski definition) is 4. The van der Waals surface area contributed by atoms with Gasteiger partial charge in [-0.2, -0.15) is 0 Å². The molecule has 2 aromatic rings. The molecule has 4 heteroatoms. The molecule has 20 heavy (non-hydrogen) atoms. The van der Waals surface area contributed by atoms with Crippen molar-refractivity contribution in [1.82, 2.24) is 9.88 Å². The summed E-state index contributed by atoms with van der Waals surface area (Å²) >= 11 is 0. The van der Waals surface area contributed by atoms with Gasteiger partial charge in [0.25, 0.3) is 0 Å². The fraction of sp³-hybridized carbons (Fsp3) is 0.438. The second-order valence-electron chi connectivity index (χ2n) is 5.44. The van der Waals surface area contributed by atoms with E-state index in [-0.39, 0.29) is 0 Å². The molecule has 2 N–H and O–H groups in total. The first-order valence-electron chi connectivity index (χ1n) is 7.24. The van der Waals surface area contributed by atoms with Gasteiger partial charge in [0.2, 0.25) is 0 Å². The Kier molecular flexibility index (Phi) is 3.74. The molecule has 1 fully saturated rings. The molecule has 0 bridgehead atoms. The minimum Gasteiger partial charge on any atom is -0.491 e. The van der Waals surface area contributed by atoms with Crippen molar-refractivity contribution < 1.29 is 4.74 Å². The molecular formula is C16H21N3O. The lowest BCUT2D eigenvalue weighted by Gasteiger charge is -2.16. The number of fused-ring (bicyclic) bond motifs is 1. The van der Waals surface area contributed by atoms with Crippen LogP contribution in [-0.2, 0) is 0 Å². The third-order valence-electron chi connectivity index (χ3n) is 3.79. The van der Waals surface area contributed by atoms with Gasteiger partial charge in [0.15, 0.2) is 0 Å². The maximum absolute atomic E-state index is 5.98. The van der Waals surface area contributed by atoms with Crippen LogP contribution >= 0.6 is 0 Å². The maximum atomic E-state index is 5.98. The molecule has 1 aromatic heterocycles. The fourth-order valence-electron chi connectivity index (χ4n) is 2.75. The lowest BCUT2D eigenvalue weighted by Crippen LogP contribution is -2.25. The van der Waals surface area contributed by atoms with Crippen LogP contribution in [0.4, 0.5) is 5.69 Å². The van der Waals surface area contributed by atoms with Gasteiger partial charge in [0.05, 0.1) is 5.52 Å². The summed E-state index contributed by atoms with van der Waals surface area (Å²) in [5.41, 5.74) is 8.52. The Morgan fingerprint density at radius 1 is 1.25 bits per heavy atom. The second kappa shape index (κ2) is 5.67. The number of ether oxygens (including phenoxy) is 1. The number of anilines is 1. The number of pyridine rings is 1. The van der Waals surface area contributed by atoms with E-state index in [4.69, 9.17) is 10.5 Å². The molecule has 0 radical (unpaired) electrons. The first kappa shape index (κ1) is 13.2. The number of nitrogens with zero attached hydrogens (tertiary/aromatic N) is 2. The Labute approximate surface area is 119 Å². The van der Waals surface area contributed by atoms with Crippen LogP contribution in [0.2, 0.25) is 0 Å². The number of benzene rings is 1. The standard InChI is InChI=1S/C16H21N3O/c1-12-10-16(20-9-8-19-6-2-3-7-19)14-11-13(17)4-5-15(14)18-12/h4-5,10-11H,2-3,6-9,17H2,1H3. The first-order chi connectivity index (χ1) is 9.72. The van der Waals surface area contributed by atoms with E-state index in [1.165, 1.54) is 25.9 Å². The Bertz CT molecular complexity index is 606. The summed E-state index contributed by atoms with van der Waals surface area (Å²) < 4.78 is 5.98. The van der Waals surface area contributed by atoms with Gasteiger partial charge in [-0.15, -0.1) is 0 Å². The van der Waals surface area contributed by atoms with Crippen molar-refractivity contribution in [3.8, 4) is 5.75 Å². The molecule has 3 rings (SSSR count). The monoisotopic (exact) mass is 271 g/mol. The van der Waals surface area contributed by atoms with Crippen LogP contribution in [0.3, 0.4) is 0 Å². The van der Waals surface area contributed by atoms with E-state index in [1.807, 2.05) is 31.2 Å². The normalized spacial score (nSPS) is 15.8. The summed E-state index contributed by atoms with van der Waals surface area (Å²) in [4.78, 5) is 6.97. The molecule has 0 amide bonds. The topological polar surface area (TPSA) is 51.4 Å². The van der Waals surface area contributed by atoms with Crippen molar-refractivity contribution in [2.45, 2.75) is 19.8 Å². The molecule has 1 aliphatic rings. The van der Waals surface area contributed by atoms with Crippen molar-refractivity contribution >= 4 is 16.6 Å². The number of nitrogens with two attached hydrogens (primary N) is 1. The maximum Gasteiger partial charge on any atom is 0.130 e. The molecule has 1 aromatic carbocycles. The number of hydrogen-bond donors (Lipinski definition) is 1. The van der Waals surface area contributed by atoms with Crippen LogP contribution in [-0.4, -0.2) is 36.1 Å². The van der Waals surface area contributed by atoms with E-state index in [1.54, 1.807) is 0 Å². The van der Waals surface area contributed by atoms with Crippen molar-refractivity contribution in [2.75, 3.05) is 32.0 Å². The van der Waals surface area contributed by atoms with Crippen LogP contribution in [0, 0.1) is 6.92 Å². The predicted octanol–water partition coefficient (Wildman–Crippen LogP) is 2.60. The Balaban J connectivity index is 1.77. The minimum absolute atomic E-state index is 0.716. The van der Waals surface area contributed by atoms with E-state index >= 15 is 0 Å². The number of rotatable bonds is 4. The van der Waals surface area contributed by atoms with E-state index in [0.29, 0.717) is 6.61 Å². The number of nitrogen functional groups attached to an aromatic ring is 1. The summed E-state index contributed by atoms with van der Waals surface area (Å²) in [5, 5.41) is 0.997. The Morgan fingerprint density at radius 3 is 2.85 bits per heavy atom. The lowest BCUT2D eigenvalue weighted by atomic mass is 10.1. The molecule has 2 heterocycles. The third-order valence-corrected chi connectivity index (χ3v) is 3.79. The average Bonchev–Trinajstić information content (AvgIpc) is 2.92. The zero-order valence-electron chi connectivity index (χ0n) is 11.9. The minimum atomic E-state index is 0.716. The van der Waals surface area contributed by atoms with Crippen molar-refractivity contribution in [1.29, 1.82) is 0 Å². The van der Waals surface area contributed by atoms with Gasteiger partial charge in [0, 0.05) is 29.4 Å². The van der Waals surface area contributed by atoms with Crippen LogP contribution in [0.1, 0.15) is 18.5 Å². The highest BCUT2D eigenvalue weighted by molar-refractivity contribution is 5.87. The van der Waals surface area contributed by atoms with Crippen LogP contribution in [0.25, 0.3) is 10.9 Å². The molecule has 0 atom stereocenters. The summed E-state index contributed by atoms with van der Waals surface area (Å²) in [5.74, 6) is 0.888. The molecule has 0 unspecified atom stereocenters. The van der Waals surface area contributed by atoms with Crippen molar-refractivity contribution in [3.63, 3.8) is 0 Å². The molecule has 106 valence electrons. The third kappa shape index (κ3) is 2.85. The van der Waals surface area contributed by atoms with Gasteiger partial charge in [-0.25, -0.2) is 0 Å². The predicted molar refractivity (Wildman–Crippen MR) is 82.1 cm³/mol. The zero-order valence-corrected chi connectivity index (χ0v) is 11.9. The largest absolute Gasteiger partial charge is 0.491 e. The molecular weight excluding hydrogens is 250 g/mol. The Morgan fingerprint density at radius 2 is 2.05 bits per heavy atom. The first-order valence-corrected chi connectivity index (χ1v) is 7.24. The number of aromatic nitrogens is 1. The fourth-order valence-corrected chi connectivity index (χ4v) is 2.75. The van der Waals surface area contributed by atoms with Gasteiger partial charge in [0.1, 0.15) is 12.4 Å². The highest BCUT2D eigenvalue weighted by Crippen LogP contribution is 2.27. The van der Waals surface area contributed by atoms with E-state index in [9.17, 15) is 0 Å². The van der Waals surface area contributed by atoms with Crippen LogP contribution in [0.15, 0.2) is 24.3 Å². The summed E-state index contributed by atoms with van der Waals surface area (Å²) in [6.45, 7) is 6.10. The zero-order chi connectivity index (χ0) is 13.9. The molecule has 0 saturated carbocycles. The van der Waals surface area contributed by atoms with Gasteiger partial charge in [-0.1, -0.05) is 0 Å². The highest BCUT2D eigenvalue weighted by atomic mass is 16.5. The van der Waals surface area contributed by atoms with Gasteiger partial charge in [-0.05, 0) is 51.1 Å². The molecule has 1 aliphatic heterocycles. The smallest absolute Gasteiger partial charge is 0.130 e. The molecule has 4 nitrogen and oxygen atoms in total. The number of likely N-dealkylation sites (tertiary alicyclic amines) is 1. The van der Waals surface area contributed by atoms with Crippen molar-refractivity contribution in [3.05, 3.63) is 30.0 Å². The second-order valence-corrected chi connectivity index (χ2v) is 5.44. The SMILES string of the molecule is Cc1cc(OCCN2CCCC2)c2cc(N)ccc2n1. The van der Waals surface area contributed by atoms with E-state index < -0.39 is 0 Å². The number of aryl methyl sites for hydroxylation is 1. The average molecular weight is 271 g/mol. The van der Waals surface area contributed by atoms with Gasteiger partial charge < -0.3 is 10.5 Å². The van der Waals surface area contributed by atoms with Crippen molar-refractivity contribution in [2.24, 2.45) is 0 Å². The van der Waals surface area contributed by atoms with Crippen LogP contribution < -0.4 is 10.5 Å². The summed E-state index contributed by atoms with van der Waals surface area (Å²) in [6, 6.07) is 7.76. The van der Waals surface area contributed by atoms with Crippen LogP contribution in [0.5, 0.6) is 5.75 Å². The summed E-state index contributed by atoms with van der Waals surface area (Å²) in [6.07, 6.45) is 2.63. The van der Waals surface area contributed by atoms with E-state index in [2.05, 4.69) is 9.88 Å². The quantitative estimate of drug-likeness (QED) is 0.868. The summed E-state index contributed by atoms with van der Waals surface area (Å²) in [7, 11) is 0. The Hall–Kier alpha value is -1.81. The van der Waals surface area contributed by atoms with E-state index in [0.717, 1.165) is 34.6 Å². The van der Waals surface area contributed by atoms with Gasteiger partial charge >= 0.3 is 0 Å². The molecule has 1 saturated heterocycles.